The van der Waals surface area contributed by atoms with Gasteiger partial charge in [-0.05, 0) is 31.7 Å². The quantitative estimate of drug-likeness (QED) is 0.741. The van der Waals surface area contributed by atoms with Crippen LogP contribution in [0.25, 0.3) is 0 Å². The molecule has 0 radical (unpaired) electrons. The molecule has 0 saturated carbocycles. The molecular weight excluding hydrogens is 172 g/mol. The Morgan fingerprint density at radius 2 is 2.14 bits per heavy atom. The van der Waals surface area contributed by atoms with Gasteiger partial charge >= 0.3 is 0 Å². The second-order valence-electron chi connectivity index (χ2n) is 4.96. The average Bonchev–Trinajstić information content (AvgIpc) is 2.38. The number of hydrogen-bond acceptors (Lipinski definition) is 2. The van der Waals surface area contributed by atoms with Gasteiger partial charge in [-0.1, -0.05) is 19.8 Å². The number of likely N-dealkylation sites (tertiary alicyclic amines) is 1. The van der Waals surface area contributed by atoms with Gasteiger partial charge in [-0.2, -0.15) is 0 Å². The Morgan fingerprint density at radius 3 is 2.93 bits per heavy atom. The van der Waals surface area contributed by atoms with E-state index in [4.69, 9.17) is 0 Å². The zero-order chi connectivity index (χ0) is 9.80. The topological polar surface area (TPSA) is 15.3 Å². The lowest BCUT2D eigenvalue weighted by molar-refractivity contribution is 0.0456. The van der Waals surface area contributed by atoms with E-state index in [0.717, 1.165) is 12.0 Å². The summed E-state index contributed by atoms with van der Waals surface area (Å²) in [5, 5.41) is 3.55. The molecule has 14 heavy (non-hydrogen) atoms. The van der Waals surface area contributed by atoms with Crippen LogP contribution in [0.4, 0.5) is 0 Å². The first kappa shape index (κ1) is 10.4. The highest BCUT2D eigenvalue weighted by atomic mass is 15.2. The van der Waals surface area contributed by atoms with E-state index >= 15 is 0 Å². The van der Waals surface area contributed by atoms with E-state index in [1.807, 2.05) is 0 Å². The summed E-state index contributed by atoms with van der Waals surface area (Å²) in [5.41, 5.74) is 0. The minimum absolute atomic E-state index is 0.852. The monoisotopic (exact) mass is 196 g/mol. The largest absolute Gasteiger partial charge is 0.315 e. The minimum Gasteiger partial charge on any atom is -0.315 e. The van der Waals surface area contributed by atoms with Crippen LogP contribution in [0.1, 0.15) is 39.0 Å². The molecule has 0 bridgehead atoms. The molecule has 0 aliphatic carbocycles. The molecule has 2 fully saturated rings. The lowest BCUT2D eigenvalue weighted by Gasteiger charge is -2.44. The zero-order valence-electron chi connectivity index (χ0n) is 9.47. The second kappa shape index (κ2) is 5.13. The maximum atomic E-state index is 3.55. The summed E-state index contributed by atoms with van der Waals surface area (Å²) in [7, 11) is 0. The molecular formula is C12H24N2. The first-order valence-electron chi connectivity index (χ1n) is 6.35. The molecule has 1 unspecified atom stereocenters. The Labute approximate surface area is 88.1 Å². The van der Waals surface area contributed by atoms with Gasteiger partial charge in [0, 0.05) is 25.7 Å². The fraction of sp³-hybridized carbons (Fsp3) is 1.00. The molecule has 2 aliphatic heterocycles. The fourth-order valence-electron chi connectivity index (χ4n) is 2.81. The molecule has 2 heteroatoms. The molecule has 0 aromatic rings. The maximum absolute atomic E-state index is 3.55. The number of hydrogen-bond donors (Lipinski definition) is 1. The van der Waals surface area contributed by atoms with Crippen LogP contribution in [0.2, 0.25) is 0 Å². The maximum Gasteiger partial charge on any atom is 0.0220 e. The zero-order valence-corrected chi connectivity index (χ0v) is 9.47. The molecule has 0 aromatic carbocycles. The van der Waals surface area contributed by atoms with Gasteiger partial charge in [0.05, 0.1) is 0 Å². The molecule has 0 amide bonds. The smallest absolute Gasteiger partial charge is 0.0220 e. The van der Waals surface area contributed by atoms with Gasteiger partial charge in [0.25, 0.3) is 0 Å². The molecule has 1 atom stereocenters. The van der Waals surface area contributed by atoms with Crippen LogP contribution in [0.5, 0.6) is 0 Å². The van der Waals surface area contributed by atoms with Crippen LogP contribution in [0, 0.1) is 5.92 Å². The van der Waals surface area contributed by atoms with E-state index in [-0.39, 0.29) is 0 Å². The van der Waals surface area contributed by atoms with Crippen molar-refractivity contribution in [3.63, 3.8) is 0 Å². The molecule has 0 spiro atoms. The molecule has 2 aliphatic rings. The Bertz CT molecular complexity index is 156. The lowest BCUT2D eigenvalue weighted by atomic mass is 9.92. The van der Waals surface area contributed by atoms with Crippen molar-refractivity contribution >= 4 is 0 Å². The molecule has 2 heterocycles. The van der Waals surface area contributed by atoms with Gasteiger partial charge in [-0.3, -0.25) is 4.90 Å². The van der Waals surface area contributed by atoms with Crippen molar-refractivity contribution in [2.45, 2.75) is 45.1 Å². The van der Waals surface area contributed by atoms with Crippen molar-refractivity contribution in [2.24, 2.45) is 5.92 Å². The van der Waals surface area contributed by atoms with Gasteiger partial charge in [0.15, 0.2) is 0 Å². The van der Waals surface area contributed by atoms with E-state index in [1.165, 1.54) is 58.3 Å². The van der Waals surface area contributed by atoms with Gasteiger partial charge in [-0.15, -0.1) is 0 Å². The van der Waals surface area contributed by atoms with E-state index in [1.54, 1.807) is 0 Å². The van der Waals surface area contributed by atoms with Crippen LogP contribution in [0.15, 0.2) is 0 Å². The summed E-state index contributed by atoms with van der Waals surface area (Å²) in [6, 6.07) is 0.852. The Hall–Kier alpha value is -0.0800. The SMILES string of the molecule is CCCC1CN(C2CCCCNC2)C1. The predicted molar refractivity (Wildman–Crippen MR) is 60.5 cm³/mol. The first-order valence-corrected chi connectivity index (χ1v) is 6.35. The van der Waals surface area contributed by atoms with E-state index in [9.17, 15) is 0 Å². The molecule has 0 aromatic heterocycles. The summed E-state index contributed by atoms with van der Waals surface area (Å²) >= 11 is 0. The van der Waals surface area contributed by atoms with Crippen molar-refractivity contribution < 1.29 is 0 Å². The summed E-state index contributed by atoms with van der Waals surface area (Å²) in [6.45, 7) is 7.53. The standard InChI is InChI=1S/C12H24N2/c1-2-5-11-9-14(10-11)12-6-3-4-7-13-8-12/h11-13H,2-10H2,1H3. The van der Waals surface area contributed by atoms with Crippen LogP contribution in [-0.4, -0.2) is 37.1 Å². The van der Waals surface area contributed by atoms with E-state index in [0.29, 0.717) is 0 Å². The highest BCUT2D eigenvalue weighted by molar-refractivity contribution is 4.87. The second-order valence-corrected chi connectivity index (χ2v) is 4.96. The third-order valence-electron chi connectivity index (χ3n) is 3.72. The average molecular weight is 196 g/mol. The van der Waals surface area contributed by atoms with Crippen LogP contribution in [0.3, 0.4) is 0 Å². The van der Waals surface area contributed by atoms with E-state index in [2.05, 4.69) is 17.1 Å². The van der Waals surface area contributed by atoms with Crippen molar-refractivity contribution in [1.29, 1.82) is 0 Å². The van der Waals surface area contributed by atoms with Crippen LogP contribution < -0.4 is 5.32 Å². The third kappa shape index (κ3) is 2.48. The number of rotatable bonds is 3. The third-order valence-corrected chi connectivity index (χ3v) is 3.72. The number of nitrogens with one attached hydrogen (secondary N) is 1. The Kier molecular flexibility index (Phi) is 3.82. The summed E-state index contributed by atoms with van der Waals surface area (Å²) < 4.78 is 0. The van der Waals surface area contributed by atoms with Crippen LogP contribution >= 0.6 is 0 Å². The highest BCUT2D eigenvalue weighted by Crippen LogP contribution is 2.25. The Morgan fingerprint density at radius 1 is 1.29 bits per heavy atom. The summed E-state index contributed by atoms with van der Waals surface area (Å²) in [5.74, 6) is 1.02. The fourth-order valence-corrected chi connectivity index (χ4v) is 2.81. The van der Waals surface area contributed by atoms with Gasteiger partial charge in [-0.25, -0.2) is 0 Å². The molecule has 2 rings (SSSR count). The van der Waals surface area contributed by atoms with Gasteiger partial charge in [0.1, 0.15) is 0 Å². The molecule has 2 saturated heterocycles. The predicted octanol–water partition coefficient (Wildman–Crippen LogP) is 1.86. The van der Waals surface area contributed by atoms with Gasteiger partial charge < -0.3 is 5.32 Å². The molecule has 2 nitrogen and oxygen atoms in total. The first-order chi connectivity index (χ1) is 6.90. The van der Waals surface area contributed by atoms with E-state index < -0.39 is 0 Å². The van der Waals surface area contributed by atoms with Crippen LogP contribution in [-0.2, 0) is 0 Å². The van der Waals surface area contributed by atoms with Crippen molar-refractivity contribution in [3.05, 3.63) is 0 Å². The van der Waals surface area contributed by atoms with Crippen molar-refractivity contribution in [3.8, 4) is 0 Å². The summed E-state index contributed by atoms with van der Waals surface area (Å²) in [4.78, 5) is 2.69. The normalized spacial score (nSPS) is 31.1. The molecule has 82 valence electrons. The minimum atomic E-state index is 0.852. The Balaban J connectivity index is 1.69. The van der Waals surface area contributed by atoms with Gasteiger partial charge in [0.2, 0.25) is 0 Å². The number of nitrogens with zero attached hydrogens (tertiary/aromatic N) is 1. The highest BCUT2D eigenvalue weighted by Gasteiger charge is 2.31. The van der Waals surface area contributed by atoms with Crippen molar-refractivity contribution in [2.75, 3.05) is 26.2 Å². The lowest BCUT2D eigenvalue weighted by Crippen LogP contribution is -2.54. The van der Waals surface area contributed by atoms with Crippen molar-refractivity contribution in [1.82, 2.24) is 10.2 Å². The summed E-state index contributed by atoms with van der Waals surface area (Å²) in [6.07, 6.45) is 7.03. The molecule has 1 N–H and O–H groups in total.